The van der Waals surface area contributed by atoms with Gasteiger partial charge in [-0.3, -0.25) is 33.8 Å². The highest BCUT2D eigenvalue weighted by Crippen LogP contribution is 2.42. The third-order valence-corrected chi connectivity index (χ3v) is 13.0. The van der Waals surface area contributed by atoms with Crippen molar-refractivity contribution < 1.29 is 55.0 Å². The minimum absolute atomic E-state index is 0. The number of aryl methyl sites for hydroxylation is 1. The monoisotopic (exact) mass is 1140 g/mol. The van der Waals surface area contributed by atoms with Crippen molar-refractivity contribution in [3.05, 3.63) is 164 Å². The number of pyridine rings is 4. The van der Waals surface area contributed by atoms with Gasteiger partial charge in [-0.2, -0.15) is 0 Å². The second kappa shape index (κ2) is 28.4. The minimum atomic E-state index is -3.04. The smallest absolute Gasteiger partial charge is 0.257 e. The number of nitrogens with one attached hydrogen (secondary N) is 4. The number of hydrogen-bond donors (Lipinski definition) is 5. The number of nitrogens with zero attached hydrogens (tertiary/aromatic N) is 4. The molecular formula is C56H62ClF6N9O8. The van der Waals surface area contributed by atoms with Crippen LogP contribution in [0.1, 0.15) is 88.5 Å². The zero-order valence-corrected chi connectivity index (χ0v) is 44.1. The summed E-state index contributed by atoms with van der Waals surface area (Å²) in [5, 5.41) is 5.02. The fourth-order valence-corrected chi connectivity index (χ4v) is 8.50. The fourth-order valence-electron chi connectivity index (χ4n) is 8.50. The minimum Gasteiger partial charge on any atom is -0.456 e. The van der Waals surface area contributed by atoms with Gasteiger partial charge in [0.25, 0.3) is 23.0 Å². The Morgan fingerprint density at radius 2 is 1.05 bits per heavy atom. The van der Waals surface area contributed by atoms with E-state index in [0.29, 0.717) is 23.0 Å². The van der Waals surface area contributed by atoms with Gasteiger partial charge in [0, 0.05) is 82.4 Å². The first-order chi connectivity index (χ1) is 37.4. The van der Waals surface area contributed by atoms with Crippen LogP contribution in [0, 0.1) is 11.6 Å². The van der Waals surface area contributed by atoms with E-state index < -0.39 is 71.5 Å². The van der Waals surface area contributed by atoms with E-state index in [1.165, 1.54) is 99.3 Å². The Morgan fingerprint density at radius 1 is 0.675 bits per heavy atom. The van der Waals surface area contributed by atoms with Crippen molar-refractivity contribution >= 4 is 46.1 Å². The molecule has 2 aliphatic heterocycles. The number of carbonyl (C=O) groups is 4. The number of likely N-dealkylation sites (tertiary alicyclic amines) is 2. The molecule has 0 saturated carbocycles. The zero-order chi connectivity index (χ0) is 57.6. The van der Waals surface area contributed by atoms with E-state index >= 15 is 0 Å². The van der Waals surface area contributed by atoms with Crippen molar-refractivity contribution in [2.45, 2.75) is 103 Å². The van der Waals surface area contributed by atoms with E-state index in [2.05, 4.69) is 42.2 Å². The molecule has 2 aromatic carbocycles. The van der Waals surface area contributed by atoms with E-state index in [1.54, 1.807) is 47.9 Å². The number of H-pyrrole nitrogens is 2. The highest BCUT2D eigenvalue weighted by Gasteiger charge is 2.48. The summed E-state index contributed by atoms with van der Waals surface area (Å²) in [5.74, 6) is -8.00. The number of aromatic nitrogens is 4. The summed E-state index contributed by atoms with van der Waals surface area (Å²) in [5.41, 5.74) is 5.77. The number of nitrogens with two attached hydrogens (primary N) is 1. The van der Waals surface area contributed by atoms with Crippen LogP contribution in [0.15, 0.2) is 119 Å². The molecule has 2 saturated heterocycles. The molecule has 80 heavy (non-hydrogen) atoms. The average Bonchev–Trinajstić information content (AvgIpc) is 3.42. The first-order valence-electron chi connectivity index (χ1n) is 24.8. The number of aromatic amines is 2. The third kappa shape index (κ3) is 17.9. The van der Waals surface area contributed by atoms with Crippen LogP contribution in [0.5, 0.6) is 23.0 Å². The molecule has 0 aliphatic carbocycles. The Morgan fingerprint density at radius 3 is 1.41 bits per heavy atom. The maximum Gasteiger partial charge on any atom is 0.257 e. The SMILES string of the molecule is C.CC(=O)CCc1cc([C@H]2CN([C@@H](C)C(=O)Nc3ccc(Oc4ccc(F)cc4)cn3)CCC2(F)F)c[nH]c1=O.CC(=O)Cl.CC(C(=O)Nc1ccc(Oc2ccc(F)cc2)cn1)N1CCC(F)(F)C(c2c[nH]c(=O)c(CN)c2)C1. The Labute approximate surface area is 462 Å². The average molecular weight is 1140 g/mol. The summed E-state index contributed by atoms with van der Waals surface area (Å²) < 4.78 is 96.8. The molecule has 0 bridgehead atoms. The molecule has 0 spiro atoms. The summed E-state index contributed by atoms with van der Waals surface area (Å²) in [6.07, 6.45) is 4.81. The summed E-state index contributed by atoms with van der Waals surface area (Å²) in [7, 11) is 0. The Balaban J connectivity index is 0.000000273. The second-order valence-electron chi connectivity index (χ2n) is 18.8. The van der Waals surface area contributed by atoms with Crippen LogP contribution in [0.25, 0.3) is 0 Å². The van der Waals surface area contributed by atoms with Gasteiger partial charge in [0.2, 0.25) is 17.1 Å². The molecule has 8 rings (SSSR count). The maximum absolute atomic E-state index is 15.0. The van der Waals surface area contributed by atoms with Crippen molar-refractivity contribution in [2.24, 2.45) is 5.73 Å². The number of ketones is 1. The van der Waals surface area contributed by atoms with E-state index in [-0.39, 0.29) is 110 Å². The molecular weight excluding hydrogens is 1080 g/mol. The van der Waals surface area contributed by atoms with E-state index in [0.717, 1.165) is 0 Å². The number of halogens is 7. The van der Waals surface area contributed by atoms with Crippen LogP contribution in [0.4, 0.5) is 38.0 Å². The summed E-state index contributed by atoms with van der Waals surface area (Å²) in [6.45, 7) is 5.77. The molecule has 2 unspecified atom stereocenters. The lowest BCUT2D eigenvalue weighted by molar-refractivity contribution is -0.126. The number of carbonyl (C=O) groups excluding carboxylic acids is 4. The Bertz CT molecular complexity index is 3170. The van der Waals surface area contributed by atoms with E-state index in [9.17, 15) is 55.1 Å². The number of hydrogen-bond acceptors (Lipinski definition) is 13. The van der Waals surface area contributed by atoms with Crippen molar-refractivity contribution in [3.63, 3.8) is 0 Å². The van der Waals surface area contributed by atoms with Gasteiger partial charge in [-0.25, -0.2) is 36.3 Å². The predicted octanol–water partition coefficient (Wildman–Crippen LogP) is 9.69. The van der Waals surface area contributed by atoms with Crippen molar-refractivity contribution in [1.29, 1.82) is 0 Å². The molecule has 17 nitrogen and oxygen atoms in total. The first kappa shape index (κ1) is 63.1. The number of piperidine rings is 2. The van der Waals surface area contributed by atoms with Gasteiger partial charge in [-0.1, -0.05) is 7.43 Å². The number of rotatable bonds is 16. The molecule has 2 fully saturated rings. The van der Waals surface area contributed by atoms with Gasteiger partial charge in [-0.15, -0.1) is 0 Å². The second-order valence-corrected chi connectivity index (χ2v) is 19.3. The fraction of sp³-hybridized carbons (Fsp3) is 0.357. The standard InChI is InChI=1S/C28H29F3N4O4.C25H26F3N5O3.C2H3ClO.CH4/c1-17(36)3-4-19-13-20(14-33-27(19)38)24-16-35(12-11-28(24,30)31)18(2)26(37)34-25-10-9-23(15-32-25)39-22-7-5-21(29)6-8-22;1-15(23(34)32-22-7-6-20(13-30-22)36-19-4-2-18(26)3-5-19)33-9-8-25(27,28)21(14-33)17-10-16(11-29)24(35)31-12-17;1-2(3)4;/h5-10,13-15,18,24H,3-4,11-12,16H2,1-2H3,(H,33,38)(H,32,34,37);2-7,10,12-13,15,21H,8-9,11,14,29H2,1H3,(H,31,35)(H,30,32,34);1H3;1H4/t18-,24+;;;/m0.../s1. The lowest BCUT2D eigenvalue weighted by Crippen LogP contribution is -2.52. The normalized spacial score (nSPS) is 17.3. The maximum atomic E-state index is 15.0. The largest absolute Gasteiger partial charge is 0.456 e. The lowest BCUT2D eigenvalue weighted by atomic mass is 9.86. The van der Waals surface area contributed by atoms with Gasteiger partial charge in [0.05, 0.1) is 36.3 Å². The zero-order valence-electron chi connectivity index (χ0n) is 43.3. The van der Waals surface area contributed by atoms with Gasteiger partial charge < -0.3 is 40.6 Å². The molecule has 24 heteroatoms. The van der Waals surface area contributed by atoms with Gasteiger partial charge in [0.15, 0.2) is 0 Å². The lowest BCUT2D eigenvalue weighted by Gasteiger charge is -2.40. The third-order valence-electron chi connectivity index (χ3n) is 13.0. The van der Waals surface area contributed by atoms with E-state index in [4.69, 9.17) is 15.2 Å². The molecule has 2 amide bonds. The van der Waals surface area contributed by atoms with Crippen LogP contribution < -0.4 is 37.0 Å². The van der Waals surface area contributed by atoms with Gasteiger partial charge in [-0.05, 0) is 135 Å². The predicted molar refractivity (Wildman–Crippen MR) is 290 cm³/mol. The van der Waals surface area contributed by atoms with Crippen LogP contribution in [0.2, 0.25) is 0 Å². The van der Waals surface area contributed by atoms with Crippen molar-refractivity contribution in [1.82, 2.24) is 29.7 Å². The highest BCUT2D eigenvalue weighted by atomic mass is 35.5. The number of anilines is 2. The molecule has 6 N–H and O–H groups in total. The van der Waals surface area contributed by atoms with Crippen LogP contribution >= 0.6 is 11.6 Å². The van der Waals surface area contributed by atoms with Crippen LogP contribution in [-0.2, 0) is 32.1 Å². The molecule has 4 atom stereocenters. The molecule has 6 heterocycles. The topological polar surface area (TPSA) is 235 Å². The highest BCUT2D eigenvalue weighted by molar-refractivity contribution is 6.62. The molecule has 4 aromatic heterocycles. The molecule has 6 aromatic rings. The number of alkyl halides is 4. The van der Waals surface area contributed by atoms with Crippen molar-refractivity contribution in [3.8, 4) is 23.0 Å². The van der Waals surface area contributed by atoms with Crippen LogP contribution in [0.3, 0.4) is 0 Å². The van der Waals surface area contributed by atoms with Gasteiger partial charge in [0.1, 0.15) is 52.1 Å². The summed E-state index contributed by atoms with van der Waals surface area (Å²) in [6, 6.07) is 18.7. The first-order valence-corrected chi connectivity index (χ1v) is 25.2. The van der Waals surface area contributed by atoms with E-state index in [1.807, 2.05) is 0 Å². The number of Topliss-reactive ketones (excluding diaryl/α,β-unsaturated/α-hetero) is 1. The summed E-state index contributed by atoms with van der Waals surface area (Å²) in [4.78, 5) is 86.9. The van der Waals surface area contributed by atoms with Crippen molar-refractivity contribution in [2.75, 3.05) is 36.8 Å². The quantitative estimate of drug-likeness (QED) is 0.0449. The molecule has 2 aliphatic rings. The number of ether oxygens (including phenoxy) is 2. The molecule has 428 valence electrons. The Kier molecular flexibility index (Phi) is 22.4. The molecule has 0 radical (unpaired) electrons. The number of benzene rings is 2. The van der Waals surface area contributed by atoms with Crippen LogP contribution in [-0.4, -0.2) is 103 Å². The Hall–Kier alpha value is -7.73. The van der Waals surface area contributed by atoms with Gasteiger partial charge >= 0.3 is 0 Å². The number of amides is 2. The summed E-state index contributed by atoms with van der Waals surface area (Å²) >= 11 is 4.64.